The summed E-state index contributed by atoms with van der Waals surface area (Å²) in [5.41, 5.74) is 0.345. The molecular formula is C17H16N4O3S. The molecule has 7 nitrogen and oxygen atoms in total. The number of thioether (sulfide) groups is 1. The second kappa shape index (κ2) is 7.40. The maximum Gasteiger partial charge on any atom is 0.270 e. The van der Waals surface area contributed by atoms with Crippen LogP contribution in [-0.4, -0.2) is 34.8 Å². The van der Waals surface area contributed by atoms with Crippen LogP contribution in [0.15, 0.2) is 34.2 Å². The molecule has 1 heterocycles. The van der Waals surface area contributed by atoms with E-state index in [2.05, 4.69) is 15.3 Å². The average molecular weight is 356 g/mol. The number of rotatable bonds is 6. The highest BCUT2D eigenvalue weighted by atomic mass is 32.2. The molecule has 1 aliphatic carbocycles. The van der Waals surface area contributed by atoms with E-state index in [4.69, 9.17) is 4.74 Å². The van der Waals surface area contributed by atoms with E-state index in [9.17, 15) is 14.9 Å². The van der Waals surface area contributed by atoms with Crippen LogP contribution in [-0.2, 0) is 4.79 Å². The predicted octanol–water partition coefficient (Wildman–Crippen LogP) is 1.69. The van der Waals surface area contributed by atoms with Gasteiger partial charge in [-0.05, 0) is 37.1 Å². The molecule has 1 aromatic heterocycles. The molecular weight excluding hydrogens is 340 g/mol. The Labute approximate surface area is 148 Å². The number of nitrogens with one attached hydrogen (secondary N) is 2. The van der Waals surface area contributed by atoms with Crippen molar-refractivity contribution in [2.24, 2.45) is 0 Å². The fourth-order valence-corrected chi connectivity index (χ4v) is 2.89. The number of amides is 1. The van der Waals surface area contributed by atoms with Gasteiger partial charge in [0.25, 0.3) is 5.56 Å². The van der Waals surface area contributed by atoms with Gasteiger partial charge in [0, 0.05) is 11.6 Å². The van der Waals surface area contributed by atoms with Crippen LogP contribution in [0.4, 0.5) is 0 Å². The molecule has 1 aliphatic rings. The lowest BCUT2D eigenvalue weighted by molar-refractivity contribution is -0.118. The zero-order valence-corrected chi connectivity index (χ0v) is 14.4. The van der Waals surface area contributed by atoms with E-state index in [1.54, 1.807) is 31.4 Å². The number of methoxy groups -OCH3 is 1. The van der Waals surface area contributed by atoms with E-state index in [-0.39, 0.29) is 23.3 Å². The van der Waals surface area contributed by atoms with Gasteiger partial charge in [-0.1, -0.05) is 11.8 Å². The summed E-state index contributed by atoms with van der Waals surface area (Å²) in [5.74, 6) is 0.733. The van der Waals surface area contributed by atoms with Gasteiger partial charge in [0.05, 0.1) is 18.6 Å². The van der Waals surface area contributed by atoms with E-state index in [1.165, 1.54) is 0 Å². The van der Waals surface area contributed by atoms with Crippen molar-refractivity contribution in [1.29, 1.82) is 5.26 Å². The topological polar surface area (TPSA) is 108 Å². The smallest absolute Gasteiger partial charge is 0.270 e. The van der Waals surface area contributed by atoms with Crippen LogP contribution in [0.1, 0.15) is 18.4 Å². The zero-order chi connectivity index (χ0) is 17.8. The van der Waals surface area contributed by atoms with Gasteiger partial charge in [-0.15, -0.1) is 0 Å². The van der Waals surface area contributed by atoms with Gasteiger partial charge in [-0.25, -0.2) is 4.98 Å². The molecule has 1 saturated carbocycles. The third kappa shape index (κ3) is 4.19. The number of carbonyl (C=O) groups is 1. The Morgan fingerprint density at radius 2 is 2.16 bits per heavy atom. The fraction of sp³-hybridized carbons (Fsp3) is 0.294. The third-order valence-electron chi connectivity index (χ3n) is 3.66. The molecule has 0 unspecified atom stereocenters. The number of benzene rings is 1. The molecule has 1 amide bonds. The Morgan fingerprint density at radius 1 is 1.44 bits per heavy atom. The second-order valence-electron chi connectivity index (χ2n) is 5.57. The van der Waals surface area contributed by atoms with E-state index in [0.717, 1.165) is 24.6 Å². The quantitative estimate of drug-likeness (QED) is 0.602. The Hall–Kier alpha value is -2.79. The molecule has 2 N–H and O–H groups in total. The summed E-state index contributed by atoms with van der Waals surface area (Å²) in [4.78, 5) is 30.9. The van der Waals surface area contributed by atoms with Crippen LogP contribution in [0.2, 0.25) is 0 Å². The number of nitriles is 1. The van der Waals surface area contributed by atoms with Crippen molar-refractivity contribution in [1.82, 2.24) is 15.3 Å². The molecule has 0 spiro atoms. The number of aromatic amines is 1. The van der Waals surface area contributed by atoms with Crippen LogP contribution in [0.5, 0.6) is 5.75 Å². The minimum absolute atomic E-state index is 0.0584. The maximum absolute atomic E-state index is 12.2. The average Bonchev–Trinajstić information content (AvgIpc) is 3.43. The van der Waals surface area contributed by atoms with Gasteiger partial charge in [0.15, 0.2) is 5.16 Å². The van der Waals surface area contributed by atoms with Crippen molar-refractivity contribution >= 4 is 17.7 Å². The molecule has 25 heavy (non-hydrogen) atoms. The first-order chi connectivity index (χ1) is 12.1. The SMILES string of the molecule is COc1ccc(-c2nc(SCC(=O)NC3CC3)[nH]c(=O)c2C#N)cc1. The highest BCUT2D eigenvalue weighted by Gasteiger charge is 2.23. The van der Waals surface area contributed by atoms with Crippen molar-refractivity contribution in [2.45, 2.75) is 24.0 Å². The number of nitrogens with zero attached hydrogens (tertiary/aromatic N) is 2. The third-order valence-corrected chi connectivity index (χ3v) is 4.53. The van der Waals surface area contributed by atoms with E-state index in [0.29, 0.717) is 22.2 Å². The van der Waals surface area contributed by atoms with Gasteiger partial charge < -0.3 is 15.0 Å². The van der Waals surface area contributed by atoms with Crippen molar-refractivity contribution in [2.75, 3.05) is 12.9 Å². The molecule has 0 atom stereocenters. The number of H-pyrrole nitrogens is 1. The summed E-state index contributed by atoms with van der Waals surface area (Å²) in [7, 11) is 1.56. The number of ether oxygens (including phenoxy) is 1. The first kappa shape index (κ1) is 17.0. The van der Waals surface area contributed by atoms with Crippen LogP contribution < -0.4 is 15.6 Å². The molecule has 0 saturated heterocycles. The lowest BCUT2D eigenvalue weighted by Gasteiger charge is -2.07. The fourth-order valence-electron chi connectivity index (χ4n) is 2.21. The normalized spacial score (nSPS) is 13.1. The van der Waals surface area contributed by atoms with Crippen molar-refractivity contribution < 1.29 is 9.53 Å². The first-order valence-electron chi connectivity index (χ1n) is 7.71. The maximum atomic E-state index is 12.2. The Bertz CT molecular complexity index is 882. The van der Waals surface area contributed by atoms with Gasteiger partial charge >= 0.3 is 0 Å². The summed E-state index contributed by atoms with van der Waals surface area (Å²) >= 11 is 1.14. The van der Waals surface area contributed by atoms with Crippen LogP contribution in [0, 0.1) is 11.3 Å². The van der Waals surface area contributed by atoms with Crippen LogP contribution >= 0.6 is 11.8 Å². The lowest BCUT2D eigenvalue weighted by atomic mass is 10.1. The van der Waals surface area contributed by atoms with E-state index >= 15 is 0 Å². The number of hydrogen-bond acceptors (Lipinski definition) is 6. The summed E-state index contributed by atoms with van der Waals surface area (Å²) < 4.78 is 5.11. The van der Waals surface area contributed by atoms with Gasteiger partial charge in [-0.2, -0.15) is 5.26 Å². The van der Waals surface area contributed by atoms with E-state index in [1.807, 2.05) is 6.07 Å². The van der Waals surface area contributed by atoms with Crippen LogP contribution in [0.3, 0.4) is 0 Å². The van der Waals surface area contributed by atoms with Gasteiger partial charge in [-0.3, -0.25) is 9.59 Å². The second-order valence-corrected chi connectivity index (χ2v) is 6.53. The van der Waals surface area contributed by atoms with Gasteiger partial charge in [0.1, 0.15) is 17.4 Å². The lowest BCUT2D eigenvalue weighted by Crippen LogP contribution is -2.27. The summed E-state index contributed by atoms with van der Waals surface area (Å²) in [6, 6.07) is 9.11. The minimum Gasteiger partial charge on any atom is -0.497 e. The predicted molar refractivity (Wildman–Crippen MR) is 93.4 cm³/mol. The number of aromatic nitrogens is 2. The minimum atomic E-state index is -0.520. The summed E-state index contributed by atoms with van der Waals surface area (Å²) in [5, 5.41) is 12.5. The highest BCUT2D eigenvalue weighted by molar-refractivity contribution is 7.99. The summed E-state index contributed by atoms with van der Waals surface area (Å²) in [6.07, 6.45) is 2.04. The number of hydrogen-bond donors (Lipinski definition) is 2. The molecule has 1 fully saturated rings. The number of carbonyl (C=O) groups excluding carboxylic acids is 1. The van der Waals surface area contributed by atoms with Crippen LogP contribution in [0.25, 0.3) is 11.3 Å². The molecule has 3 rings (SSSR count). The summed E-state index contributed by atoms with van der Waals surface area (Å²) in [6.45, 7) is 0. The van der Waals surface area contributed by atoms with Gasteiger partial charge in [0.2, 0.25) is 5.91 Å². The van der Waals surface area contributed by atoms with Crippen molar-refractivity contribution in [3.63, 3.8) is 0 Å². The first-order valence-corrected chi connectivity index (χ1v) is 8.70. The zero-order valence-electron chi connectivity index (χ0n) is 13.5. The highest BCUT2D eigenvalue weighted by Crippen LogP contribution is 2.24. The van der Waals surface area contributed by atoms with E-state index < -0.39 is 5.56 Å². The molecule has 0 aliphatic heterocycles. The Kier molecular flexibility index (Phi) is 5.05. The standard InChI is InChI=1S/C17H16N4O3S/c1-24-12-6-2-10(3-7-12)15-13(8-18)16(23)21-17(20-15)25-9-14(22)19-11-4-5-11/h2-3,6-7,11H,4-5,9H2,1H3,(H,19,22)(H,20,21,23). The molecule has 0 radical (unpaired) electrons. The molecule has 2 aromatic rings. The monoisotopic (exact) mass is 356 g/mol. The Balaban J connectivity index is 1.85. The Morgan fingerprint density at radius 3 is 2.76 bits per heavy atom. The van der Waals surface area contributed by atoms with Crippen molar-refractivity contribution in [3.05, 3.63) is 40.2 Å². The largest absolute Gasteiger partial charge is 0.497 e. The van der Waals surface area contributed by atoms with Crippen molar-refractivity contribution in [3.8, 4) is 23.1 Å². The molecule has 0 bridgehead atoms. The molecule has 8 heteroatoms. The molecule has 128 valence electrons. The molecule has 1 aromatic carbocycles.